The first-order valence-electron chi connectivity index (χ1n) is 11.1. The molecule has 0 bridgehead atoms. The molecule has 0 aromatic heterocycles. The summed E-state index contributed by atoms with van der Waals surface area (Å²) in [5.41, 5.74) is 2.18. The summed E-state index contributed by atoms with van der Waals surface area (Å²) in [4.78, 5) is 0. The average molecular weight is 333 g/mol. The minimum atomic E-state index is 0.470. The standard InChI is InChI=1S/C24H44/c1-4-6-8-10-12-14-18-22-24(3,23-19-15-16-20-23)21-17-13-11-9-7-5-2/h15-16,19H,4-14,17-18,20-22H2,1-3H3. The number of allylic oxidation sites excluding steroid dienone is 4. The van der Waals surface area contributed by atoms with Crippen LogP contribution in [-0.2, 0) is 0 Å². The van der Waals surface area contributed by atoms with E-state index in [4.69, 9.17) is 0 Å². The summed E-state index contributed by atoms with van der Waals surface area (Å²) in [5, 5.41) is 0. The maximum atomic E-state index is 2.55. The highest BCUT2D eigenvalue weighted by atomic mass is 14.3. The first-order chi connectivity index (χ1) is 11.7. The molecule has 0 aromatic carbocycles. The lowest BCUT2D eigenvalue weighted by Crippen LogP contribution is -2.19. The van der Waals surface area contributed by atoms with Crippen LogP contribution in [0.25, 0.3) is 0 Å². The average Bonchev–Trinajstić information content (AvgIpc) is 3.12. The van der Waals surface area contributed by atoms with Crippen molar-refractivity contribution in [2.45, 2.75) is 124 Å². The normalized spacial score (nSPS) is 16.4. The van der Waals surface area contributed by atoms with E-state index in [2.05, 4.69) is 39.0 Å². The van der Waals surface area contributed by atoms with Crippen LogP contribution in [0.2, 0.25) is 0 Å². The molecular weight excluding hydrogens is 288 g/mol. The molecule has 0 fully saturated rings. The highest BCUT2D eigenvalue weighted by Gasteiger charge is 2.27. The number of rotatable bonds is 16. The highest BCUT2D eigenvalue weighted by molar-refractivity contribution is 5.28. The third-order valence-corrected chi connectivity index (χ3v) is 5.96. The predicted molar refractivity (Wildman–Crippen MR) is 111 cm³/mol. The van der Waals surface area contributed by atoms with E-state index in [9.17, 15) is 0 Å². The van der Waals surface area contributed by atoms with Gasteiger partial charge in [-0.25, -0.2) is 0 Å². The van der Waals surface area contributed by atoms with E-state index >= 15 is 0 Å². The summed E-state index contributed by atoms with van der Waals surface area (Å²) in [6, 6.07) is 0. The van der Waals surface area contributed by atoms with Crippen LogP contribution >= 0.6 is 0 Å². The number of hydrogen-bond acceptors (Lipinski definition) is 0. The fourth-order valence-electron chi connectivity index (χ4n) is 4.11. The minimum absolute atomic E-state index is 0.470. The Morgan fingerprint density at radius 2 is 1.17 bits per heavy atom. The van der Waals surface area contributed by atoms with Crippen LogP contribution in [0.3, 0.4) is 0 Å². The molecule has 1 aliphatic rings. The zero-order valence-corrected chi connectivity index (χ0v) is 17.0. The quantitative estimate of drug-likeness (QED) is 0.248. The van der Waals surface area contributed by atoms with Gasteiger partial charge in [-0.2, -0.15) is 0 Å². The van der Waals surface area contributed by atoms with Gasteiger partial charge >= 0.3 is 0 Å². The molecule has 1 unspecified atom stereocenters. The molecule has 0 saturated heterocycles. The fourth-order valence-corrected chi connectivity index (χ4v) is 4.11. The second kappa shape index (κ2) is 13.7. The largest absolute Gasteiger partial charge is 0.0804 e. The highest BCUT2D eigenvalue weighted by Crippen LogP contribution is 2.41. The number of unbranched alkanes of at least 4 members (excludes halogenated alkanes) is 11. The first-order valence-corrected chi connectivity index (χ1v) is 11.1. The Labute approximate surface area is 153 Å². The van der Waals surface area contributed by atoms with Gasteiger partial charge in [0.15, 0.2) is 0 Å². The molecule has 0 amide bonds. The molecule has 24 heavy (non-hydrogen) atoms. The van der Waals surface area contributed by atoms with Crippen LogP contribution in [0.15, 0.2) is 23.8 Å². The maximum absolute atomic E-state index is 2.55. The molecule has 0 aromatic rings. The summed E-state index contributed by atoms with van der Waals surface area (Å²) in [6.45, 7) is 7.16. The Morgan fingerprint density at radius 3 is 1.58 bits per heavy atom. The molecule has 0 heteroatoms. The van der Waals surface area contributed by atoms with Crippen molar-refractivity contribution in [1.82, 2.24) is 0 Å². The third kappa shape index (κ3) is 9.09. The lowest BCUT2D eigenvalue weighted by molar-refractivity contribution is 0.303. The molecular formula is C24H44. The van der Waals surface area contributed by atoms with E-state index in [-0.39, 0.29) is 0 Å². The van der Waals surface area contributed by atoms with E-state index in [1.165, 1.54) is 103 Å². The summed E-state index contributed by atoms with van der Waals surface area (Å²) in [5.74, 6) is 0. The fraction of sp³-hybridized carbons (Fsp3) is 0.833. The van der Waals surface area contributed by atoms with Gasteiger partial charge in [-0.1, -0.05) is 128 Å². The van der Waals surface area contributed by atoms with Gasteiger partial charge in [-0.3, -0.25) is 0 Å². The van der Waals surface area contributed by atoms with Crippen molar-refractivity contribution in [1.29, 1.82) is 0 Å². The zero-order valence-electron chi connectivity index (χ0n) is 17.0. The Morgan fingerprint density at radius 1 is 0.708 bits per heavy atom. The van der Waals surface area contributed by atoms with Crippen LogP contribution in [0, 0.1) is 5.41 Å². The molecule has 1 rings (SSSR count). The van der Waals surface area contributed by atoms with Crippen molar-refractivity contribution in [3.05, 3.63) is 23.8 Å². The minimum Gasteiger partial charge on any atom is -0.0804 e. The van der Waals surface area contributed by atoms with Gasteiger partial charge in [-0.15, -0.1) is 0 Å². The van der Waals surface area contributed by atoms with E-state index in [1.54, 1.807) is 5.57 Å². The van der Waals surface area contributed by atoms with Crippen LogP contribution in [0.1, 0.15) is 124 Å². The van der Waals surface area contributed by atoms with Crippen LogP contribution < -0.4 is 0 Å². The number of hydrogen-bond donors (Lipinski definition) is 0. The zero-order chi connectivity index (χ0) is 17.5. The van der Waals surface area contributed by atoms with Crippen molar-refractivity contribution < 1.29 is 0 Å². The van der Waals surface area contributed by atoms with E-state index in [0.29, 0.717) is 5.41 Å². The van der Waals surface area contributed by atoms with Gasteiger partial charge < -0.3 is 0 Å². The Hall–Kier alpha value is -0.520. The lowest BCUT2D eigenvalue weighted by atomic mass is 9.73. The van der Waals surface area contributed by atoms with Gasteiger partial charge in [0.1, 0.15) is 0 Å². The lowest BCUT2D eigenvalue weighted by Gasteiger charge is -2.32. The van der Waals surface area contributed by atoms with Crippen molar-refractivity contribution in [3.63, 3.8) is 0 Å². The van der Waals surface area contributed by atoms with Gasteiger partial charge in [0.25, 0.3) is 0 Å². The molecule has 1 aliphatic carbocycles. The van der Waals surface area contributed by atoms with Gasteiger partial charge in [0, 0.05) is 0 Å². The smallest absolute Gasteiger partial charge is 0.0110 e. The molecule has 0 spiro atoms. The summed E-state index contributed by atoms with van der Waals surface area (Å²) in [6.07, 6.45) is 29.6. The molecule has 0 nitrogen and oxygen atoms in total. The van der Waals surface area contributed by atoms with Crippen molar-refractivity contribution >= 4 is 0 Å². The monoisotopic (exact) mass is 332 g/mol. The van der Waals surface area contributed by atoms with Crippen molar-refractivity contribution in [3.8, 4) is 0 Å². The Balaban J connectivity index is 2.26. The third-order valence-electron chi connectivity index (χ3n) is 5.96. The SMILES string of the molecule is CCCCCCCCCC(C)(CCCCCCCC)C1=CC=CC1. The molecule has 0 aliphatic heterocycles. The van der Waals surface area contributed by atoms with E-state index < -0.39 is 0 Å². The van der Waals surface area contributed by atoms with Crippen LogP contribution in [0.4, 0.5) is 0 Å². The first kappa shape index (κ1) is 21.5. The molecule has 0 heterocycles. The summed E-state index contributed by atoms with van der Waals surface area (Å²) in [7, 11) is 0. The van der Waals surface area contributed by atoms with Crippen LogP contribution in [0.5, 0.6) is 0 Å². The topological polar surface area (TPSA) is 0 Å². The predicted octanol–water partition coefficient (Wildman–Crippen LogP) is 8.77. The molecule has 0 radical (unpaired) electrons. The summed E-state index contributed by atoms with van der Waals surface area (Å²) >= 11 is 0. The molecule has 0 saturated carbocycles. The Kier molecular flexibility index (Phi) is 12.3. The summed E-state index contributed by atoms with van der Waals surface area (Å²) < 4.78 is 0. The van der Waals surface area contributed by atoms with Gasteiger partial charge in [0.05, 0.1) is 0 Å². The van der Waals surface area contributed by atoms with Crippen molar-refractivity contribution in [2.24, 2.45) is 5.41 Å². The molecule has 1 atom stereocenters. The second-order valence-electron chi connectivity index (χ2n) is 8.27. The second-order valence-corrected chi connectivity index (χ2v) is 8.27. The van der Waals surface area contributed by atoms with E-state index in [0.717, 1.165) is 0 Å². The van der Waals surface area contributed by atoms with Crippen molar-refractivity contribution in [2.75, 3.05) is 0 Å². The van der Waals surface area contributed by atoms with E-state index in [1.807, 2.05) is 0 Å². The van der Waals surface area contributed by atoms with Gasteiger partial charge in [-0.05, 0) is 24.7 Å². The Bertz CT molecular complexity index is 349. The maximum Gasteiger partial charge on any atom is -0.0110 e. The molecule has 140 valence electrons. The van der Waals surface area contributed by atoms with Crippen LogP contribution in [-0.4, -0.2) is 0 Å². The molecule has 0 N–H and O–H groups in total. The van der Waals surface area contributed by atoms with Gasteiger partial charge in [0.2, 0.25) is 0 Å².